The van der Waals surface area contributed by atoms with Gasteiger partial charge in [-0.25, -0.2) is 9.67 Å². The fraction of sp³-hybridized carbons (Fsp3) is 0.182. The second-order valence-electron chi connectivity index (χ2n) is 6.32. The van der Waals surface area contributed by atoms with Gasteiger partial charge in [-0.05, 0) is 34.9 Å². The number of rotatable bonds is 9. The standard InChI is InChI=1S/C22H21N5O3/c1-29-21-12-17(6-8-20(21)30-11-10-23)7-9-22(28)25-13-18-2-4-19(5-3-18)14-27-16-24-15-26-27/h2-9,12,15-16H,11,13-14H2,1H3,(H,25,28)/b9-7+. The predicted octanol–water partition coefficient (Wildman–Crippen LogP) is 2.57. The molecule has 0 atom stereocenters. The van der Waals surface area contributed by atoms with Crippen LogP contribution >= 0.6 is 0 Å². The average Bonchev–Trinajstić information content (AvgIpc) is 3.29. The van der Waals surface area contributed by atoms with E-state index in [-0.39, 0.29) is 12.5 Å². The van der Waals surface area contributed by atoms with Gasteiger partial charge in [-0.2, -0.15) is 10.4 Å². The lowest BCUT2D eigenvalue weighted by Gasteiger charge is -2.08. The van der Waals surface area contributed by atoms with E-state index in [1.807, 2.05) is 30.3 Å². The number of benzene rings is 2. The largest absolute Gasteiger partial charge is 0.493 e. The third-order valence-corrected chi connectivity index (χ3v) is 4.21. The lowest BCUT2D eigenvalue weighted by Crippen LogP contribution is -2.20. The van der Waals surface area contributed by atoms with E-state index in [0.29, 0.717) is 24.6 Å². The molecule has 0 aliphatic carbocycles. The Labute approximate surface area is 174 Å². The topological polar surface area (TPSA) is 102 Å². The Morgan fingerprint density at radius 2 is 2.00 bits per heavy atom. The van der Waals surface area contributed by atoms with Crippen molar-refractivity contribution in [1.29, 1.82) is 5.26 Å². The van der Waals surface area contributed by atoms with Gasteiger partial charge in [0.2, 0.25) is 5.91 Å². The van der Waals surface area contributed by atoms with Crippen LogP contribution in [0.2, 0.25) is 0 Å². The highest BCUT2D eigenvalue weighted by Gasteiger charge is 2.05. The zero-order chi connectivity index (χ0) is 21.2. The number of nitriles is 1. The first-order chi connectivity index (χ1) is 14.7. The van der Waals surface area contributed by atoms with Gasteiger partial charge in [-0.15, -0.1) is 0 Å². The summed E-state index contributed by atoms with van der Waals surface area (Å²) >= 11 is 0. The molecule has 152 valence electrons. The van der Waals surface area contributed by atoms with Crippen LogP contribution in [-0.2, 0) is 17.9 Å². The van der Waals surface area contributed by atoms with Gasteiger partial charge in [-0.3, -0.25) is 4.79 Å². The smallest absolute Gasteiger partial charge is 0.244 e. The quantitative estimate of drug-likeness (QED) is 0.551. The summed E-state index contributed by atoms with van der Waals surface area (Å²) in [5.41, 5.74) is 2.88. The SMILES string of the molecule is COc1cc(/C=C/C(=O)NCc2ccc(Cn3cncn3)cc2)ccc1OCC#N. The van der Waals surface area contributed by atoms with E-state index >= 15 is 0 Å². The van der Waals surface area contributed by atoms with Gasteiger partial charge in [0.15, 0.2) is 18.1 Å². The summed E-state index contributed by atoms with van der Waals surface area (Å²) in [6.07, 6.45) is 6.32. The minimum absolute atomic E-state index is 0.0601. The van der Waals surface area contributed by atoms with Gasteiger partial charge in [-0.1, -0.05) is 30.3 Å². The van der Waals surface area contributed by atoms with E-state index in [4.69, 9.17) is 14.7 Å². The third kappa shape index (κ3) is 5.94. The van der Waals surface area contributed by atoms with Gasteiger partial charge in [0.1, 0.15) is 18.7 Å². The second-order valence-corrected chi connectivity index (χ2v) is 6.32. The van der Waals surface area contributed by atoms with Gasteiger partial charge in [0.05, 0.1) is 13.7 Å². The molecule has 3 aromatic rings. The molecule has 3 rings (SSSR count). The molecule has 0 aliphatic rings. The Morgan fingerprint density at radius 1 is 1.20 bits per heavy atom. The molecule has 0 saturated heterocycles. The average molecular weight is 403 g/mol. The number of ether oxygens (including phenoxy) is 2. The van der Waals surface area contributed by atoms with Crippen LogP contribution in [-0.4, -0.2) is 34.4 Å². The normalized spacial score (nSPS) is 10.5. The summed E-state index contributed by atoms with van der Waals surface area (Å²) in [4.78, 5) is 16.0. The second kappa shape index (κ2) is 10.4. The highest BCUT2D eigenvalue weighted by Crippen LogP contribution is 2.28. The van der Waals surface area contributed by atoms with Crippen LogP contribution in [0.3, 0.4) is 0 Å². The molecule has 1 amide bonds. The number of methoxy groups -OCH3 is 1. The highest BCUT2D eigenvalue weighted by molar-refractivity contribution is 5.91. The molecular formula is C22H21N5O3. The molecule has 0 bridgehead atoms. The monoisotopic (exact) mass is 403 g/mol. The van der Waals surface area contributed by atoms with Crippen LogP contribution < -0.4 is 14.8 Å². The zero-order valence-corrected chi connectivity index (χ0v) is 16.5. The number of carbonyl (C=O) groups is 1. The van der Waals surface area contributed by atoms with Crippen molar-refractivity contribution in [3.05, 3.63) is 77.9 Å². The van der Waals surface area contributed by atoms with Crippen molar-refractivity contribution in [1.82, 2.24) is 20.1 Å². The Balaban J connectivity index is 1.51. The van der Waals surface area contributed by atoms with Crippen molar-refractivity contribution in [3.8, 4) is 17.6 Å². The summed E-state index contributed by atoms with van der Waals surface area (Å²) in [6.45, 7) is 1.02. The molecule has 2 aromatic carbocycles. The number of amides is 1. The van der Waals surface area contributed by atoms with Crippen molar-refractivity contribution in [2.24, 2.45) is 0 Å². The number of carbonyl (C=O) groups excluding carboxylic acids is 1. The molecule has 1 heterocycles. The predicted molar refractivity (Wildman–Crippen MR) is 111 cm³/mol. The number of aromatic nitrogens is 3. The van der Waals surface area contributed by atoms with E-state index in [2.05, 4.69) is 15.4 Å². The maximum Gasteiger partial charge on any atom is 0.244 e. The van der Waals surface area contributed by atoms with E-state index in [1.165, 1.54) is 19.5 Å². The van der Waals surface area contributed by atoms with Crippen LogP contribution in [0.5, 0.6) is 11.5 Å². The van der Waals surface area contributed by atoms with Crippen LogP contribution in [0.1, 0.15) is 16.7 Å². The summed E-state index contributed by atoms with van der Waals surface area (Å²) in [5, 5.41) is 15.5. The van der Waals surface area contributed by atoms with Crippen LogP contribution in [0.15, 0.2) is 61.2 Å². The first-order valence-electron chi connectivity index (χ1n) is 9.22. The number of nitrogens with one attached hydrogen (secondary N) is 1. The molecule has 0 fully saturated rings. The van der Waals surface area contributed by atoms with Gasteiger partial charge < -0.3 is 14.8 Å². The van der Waals surface area contributed by atoms with Crippen molar-refractivity contribution in [3.63, 3.8) is 0 Å². The van der Waals surface area contributed by atoms with Crippen molar-refractivity contribution in [2.75, 3.05) is 13.7 Å². The Hall–Kier alpha value is -4.12. The fourth-order valence-corrected chi connectivity index (χ4v) is 2.70. The number of hydrogen-bond acceptors (Lipinski definition) is 6. The molecule has 30 heavy (non-hydrogen) atoms. The maximum absolute atomic E-state index is 12.1. The van der Waals surface area contributed by atoms with Crippen molar-refractivity contribution in [2.45, 2.75) is 13.1 Å². The maximum atomic E-state index is 12.1. The molecule has 0 unspecified atom stereocenters. The summed E-state index contributed by atoms with van der Waals surface area (Å²) in [7, 11) is 1.52. The Morgan fingerprint density at radius 3 is 2.70 bits per heavy atom. The molecular weight excluding hydrogens is 382 g/mol. The lowest BCUT2D eigenvalue weighted by atomic mass is 10.1. The zero-order valence-electron chi connectivity index (χ0n) is 16.5. The minimum Gasteiger partial charge on any atom is -0.493 e. The molecule has 0 spiro atoms. The van der Waals surface area contributed by atoms with Crippen LogP contribution in [0.25, 0.3) is 6.08 Å². The van der Waals surface area contributed by atoms with E-state index in [0.717, 1.165) is 16.7 Å². The Bertz CT molecular complexity index is 1040. The first-order valence-corrected chi connectivity index (χ1v) is 9.22. The molecule has 8 nitrogen and oxygen atoms in total. The summed E-state index contributed by atoms with van der Waals surface area (Å²) < 4.78 is 12.3. The summed E-state index contributed by atoms with van der Waals surface area (Å²) in [5.74, 6) is 0.775. The van der Waals surface area contributed by atoms with Crippen LogP contribution in [0.4, 0.5) is 0 Å². The lowest BCUT2D eigenvalue weighted by molar-refractivity contribution is -0.116. The highest BCUT2D eigenvalue weighted by atomic mass is 16.5. The molecule has 0 aliphatic heterocycles. The van der Waals surface area contributed by atoms with Gasteiger partial charge in [0.25, 0.3) is 0 Å². The molecule has 8 heteroatoms. The molecule has 1 N–H and O–H groups in total. The Kier molecular flexibility index (Phi) is 7.17. The summed E-state index contributed by atoms with van der Waals surface area (Å²) in [6, 6.07) is 15.1. The van der Waals surface area contributed by atoms with E-state index in [1.54, 1.807) is 35.3 Å². The number of nitrogens with zero attached hydrogens (tertiary/aromatic N) is 4. The van der Waals surface area contributed by atoms with E-state index in [9.17, 15) is 4.79 Å². The van der Waals surface area contributed by atoms with Gasteiger partial charge >= 0.3 is 0 Å². The molecule has 0 radical (unpaired) electrons. The van der Waals surface area contributed by atoms with Crippen LogP contribution in [0, 0.1) is 11.3 Å². The number of hydrogen-bond donors (Lipinski definition) is 1. The third-order valence-electron chi connectivity index (χ3n) is 4.21. The molecule has 1 aromatic heterocycles. The van der Waals surface area contributed by atoms with E-state index < -0.39 is 0 Å². The van der Waals surface area contributed by atoms with Crippen molar-refractivity contribution >= 4 is 12.0 Å². The van der Waals surface area contributed by atoms with Crippen molar-refractivity contribution < 1.29 is 14.3 Å². The fourth-order valence-electron chi connectivity index (χ4n) is 2.70. The first kappa shape index (κ1) is 20.6. The van der Waals surface area contributed by atoms with Gasteiger partial charge in [0, 0.05) is 12.6 Å². The minimum atomic E-state index is -0.203. The molecule has 0 saturated carbocycles.